The van der Waals surface area contributed by atoms with Crippen LogP contribution in [0.4, 0.5) is 5.82 Å². The van der Waals surface area contributed by atoms with Gasteiger partial charge in [0.1, 0.15) is 12.1 Å². The molecule has 0 unspecified atom stereocenters. The molecular formula is C16H16ClN3O. The lowest BCUT2D eigenvalue weighted by Crippen LogP contribution is -2.36. The zero-order valence-corrected chi connectivity index (χ0v) is 12.4. The van der Waals surface area contributed by atoms with Crippen molar-refractivity contribution in [1.82, 2.24) is 9.97 Å². The molecule has 0 aliphatic carbocycles. The van der Waals surface area contributed by atoms with E-state index in [0.29, 0.717) is 13.0 Å². The van der Waals surface area contributed by atoms with Crippen LogP contribution in [0.2, 0.25) is 5.02 Å². The van der Waals surface area contributed by atoms with Crippen molar-refractivity contribution in [2.75, 3.05) is 18.0 Å². The topological polar surface area (TPSA) is 46.1 Å². The highest BCUT2D eigenvalue weighted by molar-refractivity contribution is 6.30. The zero-order chi connectivity index (χ0) is 14.7. The number of halogens is 1. The second-order valence-corrected chi connectivity index (χ2v) is 5.68. The van der Waals surface area contributed by atoms with E-state index in [4.69, 9.17) is 11.6 Å². The molecule has 108 valence electrons. The number of nitrogens with zero attached hydrogens (tertiary/aromatic N) is 3. The lowest BCUT2D eigenvalue weighted by Gasteiger charge is -2.28. The van der Waals surface area contributed by atoms with Crippen molar-refractivity contribution < 1.29 is 4.79 Å². The van der Waals surface area contributed by atoms with E-state index in [0.717, 1.165) is 41.4 Å². The minimum absolute atomic E-state index is 0.275. The Morgan fingerprint density at radius 1 is 1.24 bits per heavy atom. The molecule has 1 aliphatic rings. The largest absolute Gasteiger partial charge is 0.349 e. The number of hydrogen-bond donors (Lipinski definition) is 0. The highest BCUT2D eigenvalue weighted by Crippen LogP contribution is 2.23. The summed E-state index contributed by atoms with van der Waals surface area (Å²) in [5.41, 5.74) is 2.19. The summed E-state index contributed by atoms with van der Waals surface area (Å²) in [4.78, 5) is 22.2. The van der Waals surface area contributed by atoms with Crippen molar-refractivity contribution in [3.05, 3.63) is 52.9 Å². The molecule has 1 fully saturated rings. The predicted octanol–water partition coefficient (Wildman–Crippen LogP) is 2.89. The van der Waals surface area contributed by atoms with Gasteiger partial charge >= 0.3 is 0 Å². The van der Waals surface area contributed by atoms with E-state index >= 15 is 0 Å². The monoisotopic (exact) mass is 301 g/mol. The Balaban J connectivity index is 1.85. The van der Waals surface area contributed by atoms with E-state index in [2.05, 4.69) is 14.9 Å². The van der Waals surface area contributed by atoms with E-state index in [1.807, 2.05) is 30.5 Å². The average molecular weight is 302 g/mol. The SMILES string of the molecule is O=C1CCCN(c2ncncc2Cc2ccc(Cl)cc2)C1. The smallest absolute Gasteiger partial charge is 0.152 e. The molecule has 0 radical (unpaired) electrons. The van der Waals surface area contributed by atoms with Gasteiger partial charge in [0.25, 0.3) is 0 Å². The van der Waals surface area contributed by atoms with Gasteiger partial charge in [-0.25, -0.2) is 9.97 Å². The number of ketones is 1. The van der Waals surface area contributed by atoms with E-state index in [-0.39, 0.29) is 5.78 Å². The van der Waals surface area contributed by atoms with E-state index in [9.17, 15) is 4.79 Å². The van der Waals surface area contributed by atoms with Crippen molar-refractivity contribution in [1.29, 1.82) is 0 Å². The van der Waals surface area contributed by atoms with Crippen LogP contribution in [0.25, 0.3) is 0 Å². The minimum atomic E-state index is 0.275. The maximum Gasteiger partial charge on any atom is 0.152 e. The van der Waals surface area contributed by atoms with Crippen LogP contribution in [0.1, 0.15) is 24.0 Å². The van der Waals surface area contributed by atoms with Crippen LogP contribution in [0.3, 0.4) is 0 Å². The number of anilines is 1. The Hall–Kier alpha value is -1.94. The van der Waals surface area contributed by atoms with Crippen molar-refractivity contribution in [3.8, 4) is 0 Å². The fourth-order valence-electron chi connectivity index (χ4n) is 2.60. The first kappa shape index (κ1) is 14.0. The molecule has 1 aromatic carbocycles. The molecule has 1 aliphatic heterocycles. The number of hydrogen-bond acceptors (Lipinski definition) is 4. The van der Waals surface area contributed by atoms with Gasteiger partial charge in [-0.05, 0) is 24.1 Å². The standard InChI is InChI=1S/C16H16ClN3O/c17-14-5-3-12(4-6-14)8-13-9-18-11-19-16(13)20-7-1-2-15(21)10-20/h3-6,9,11H,1-2,7-8,10H2. The van der Waals surface area contributed by atoms with Crippen LogP contribution < -0.4 is 4.90 Å². The molecular weight excluding hydrogens is 286 g/mol. The molecule has 0 spiro atoms. The molecule has 4 nitrogen and oxygen atoms in total. The summed E-state index contributed by atoms with van der Waals surface area (Å²) in [7, 11) is 0. The van der Waals surface area contributed by atoms with E-state index in [1.165, 1.54) is 0 Å². The third kappa shape index (κ3) is 3.39. The minimum Gasteiger partial charge on any atom is -0.349 e. The fourth-order valence-corrected chi connectivity index (χ4v) is 2.73. The maximum absolute atomic E-state index is 11.7. The van der Waals surface area contributed by atoms with Crippen molar-refractivity contribution in [2.24, 2.45) is 0 Å². The summed E-state index contributed by atoms with van der Waals surface area (Å²) in [6.07, 6.45) is 5.67. The molecule has 0 atom stereocenters. The Morgan fingerprint density at radius 2 is 2.05 bits per heavy atom. The summed E-state index contributed by atoms with van der Waals surface area (Å²) >= 11 is 5.91. The molecule has 2 aromatic rings. The number of benzene rings is 1. The number of Topliss-reactive ketones (excluding diaryl/α,β-unsaturated/α-hetero) is 1. The Morgan fingerprint density at radius 3 is 2.81 bits per heavy atom. The van der Waals surface area contributed by atoms with Gasteiger partial charge in [-0.1, -0.05) is 23.7 Å². The molecule has 1 saturated heterocycles. The van der Waals surface area contributed by atoms with Gasteiger partial charge in [-0.3, -0.25) is 4.79 Å². The summed E-state index contributed by atoms with van der Waals surface area (Å²) in [6.45, 7) is 1.32. The number of aromatic nitrogens is 2. The van der Waals surface area contributed by atoms with Gasteiger partial charge in [0, 0.05) is 36.2 Å². The lowest BCUT2D eigenvalue weighted by atomic mass is 10.0. The van der Waals surface area contributed by atoms with Crippen molar-refractivity contribution >= 4 is 23.2 Å². The van der Waals surface area contributed by atoms with Crippen molar-refractivity contribution in [3.63, 3.8) is 0 Å². The average Bonchev–Trinajstić information content (AvgIpc) is 2.50. The van der Waals surface area contributed by atoms with Crippen LogP contribution in [0, 0.1) is 0 Å². The first-order valence-corrected chi connectivity index (χ1v) is 7.40. The number of carbonyl (C=O) groups is 1. The van der Waals surface area contributed by atoms with Crippen LogP contribution in [0.15, 0.2) is 36.8 Å². The molecule has 5 heteroatoms. The van der Waals surface area contributed by atoms with Gasteiger partial charge in [-0.2, -0.15) is 0 Å². The van der Waals surface area contributed by atoms with Gasteiger partial charge in [-0.15, -0.1) is 0 Å². The second-order valence-electron chi connectivity index (χ2n) is 5.24. The fraction of sp³-hybridized carbons (Fsp3) is 0.312. The Labute approximate surface area is 128 Å². The highest BCUT2D eigenvalue weighted by Gasteiger charge is 2.20. The maximum atomic E-state index is 11.7. The predicted molar refractivity (Wildman–Crippen MR) is 82.7 cm³/mol. The quantitative estimate of drug-likeness (QED) is 0.874. The zero-order valence-electron chi connectivity index (χ0n) is 11.6. The van der Waals surface area contributed by atoms with Crippen LogP contribution in [-0.4, -0.2) is 28.8 Å². The molecule has 0 saturated carbocycles. The normalized spacial score (nSPS) is 15.3. The number of rotatable bonds is 3. The first-order chi connectivity index (χ1) is 10.2. The number of piperidine rings is 1. The van der Waals surface area contributed by atoms with Crippen molar-refractivity contribution in [2.45, 2.75) is 19.3 Å². The third-order valence-electron chi connectivity index (χ3n) is 3.62. The molecule has 0 bridgehead atoms. The molecule has 0 N–H and O–H groups in total. The van der Waals surface area contributed by atoms with Crippen LogP contribution >= 0.6 is 11.6 Å². The summed E-state index contributed by atoms with van der Waals surface area (Å²) < 4.78 is 0. The van der Waals surface area contributed by atoms with Gasteiger partial charge < -0.3 is 4.90 Å². The van der Waals surface area contributed by atoms with E-state index in [1.54, 1.807) is 6.33 Å². The first-order valence-electron chi connectivity index (χ1n) is 7.02. The van der Waals surface area contributed by atoms with Crippen LogP contribution in [0.5, 0.6) is 0 Å². The molecule has 21 heavy (non-hydrogen) atoms. The number of carbonyl (C=O) groups excluding carboxylic acids is 1. The summed E-state index contributed by atoms with van der Waals surface area (Å²) in [5, 5.41) is 0.727. The Bertz CT molecular complexity index is 642. The van der Waals surface area contributed by atoms with Gasteiger partial charge in [0.15, 0.2) is 5.78 Å². The molecule has 3 rings (SSSR count). The lowest BCUT2D eigenvalue weighted by molar-refractivity contribution is -0.118. The Kier molecular flexibility index (Phi) is 4.15. The molecule has 0 amide bonds. The van der Waals surface area contributed by atoms with E-state index < -0.39 is 0 Å². The van der Waals surface area contributed by atoms with Crippen LogP contribution in [-0.2, 0) is 11.2 Å². The third-order valence-corrected chi connectivity index (χ3v) is 3.87. The second kappa shape index (κ2) is 6.22. The summed E-state index contributed by atoms with van der Waals surface area (Å²) in [5.74, 6) is 1.14. The van der Waals surface area contributed by atoms with Gasteiger partial charge in [0.05, 0.1) is 6.54 Å². The molecule has 2 heterocycles. The molecule has 1 aromatic heterocycles. The van der Waals surface area contributed by atoms with Gasteiger partial charge in [0.2, 0.25) is 0 Å². The highest BCUT2D eigenvalue weighted by atomic mass is 35.5. The summed E-state index contributed by atoms with van der Waals surface area (Å²) in [6, 6.07) is 7.76.